The van der Waals surface area contributed by atoms with Gasteiger partial charge in [-0.25, -0.2) is 9.59 Å². The molecule has 0 aliphatic rings. The van der Waals surface area contributed by atoms with E-state index in [1.165, 1.54) is 0 Å². The van der Waals surface area contributed by atoms with E-state index in [4.69, 9.17) is 15.3 Å². The van der Waals surface area contributed by atoms with Gasteiger partial charge in [0.15, 0.2) is 6.10 Å². The molecule has 0 heterocycles. The molecule has 0 rings (SSSR count). The number of aliphatic carboxylic acids is 3. The first kappa shape index (κ1) is 57.3. The fraction of sp³-hybridized carbons (Fsp3) is 0.500. The third-order valence-corrected chi connectivity index (χ3v) is 1.04. The molecule has 0 saturated carbocycles. The summed E-state index contributed by atoms with van der Waals surface area (Å²) in [6.45, 7) is -0.829. The van der Waals surface area contributed by atoms with Crippen molar-refractivity contribution in [2.75, 3.05) is 6.61 Å². The Bertz CT molecular complexity index is 237. The molecule has 0 spiro atoms. The van der Waals surface area contributed by atoms with Crippen LogP contribution in [0.15, 0.2) is 0 Å². The molecule has 0 saturated heterocycles. The zero-order valence-electron chi connectivity index (χ0n) is 8.97. The normalized spacial score (nSPS) is 7.43. The summed E-state index contributed by atoms with van der Waals surface area (Å²) in [4.78, 5) is 30.3. The first-order chi connectivity index (χ1) is 5.93. The summed E-state index contributed by atoms with van der Waals surface area (Å²) in [5.41, 5.74) is 0. The molecular formula is C6H21Na3O12. The Morgan fingerprint density at radius 3 is 1.29 bits per heavy atom. The van der Waals surface area contributed by atoms with E-state index in [0.29, 0.717) is 0 Å². The van der Waals surface area contributed by atoms with Crippen LogP contribution in [-0.2, 0) is 19.1 Å². The average molecular weight is 354 g/mol. The molecule has 13 N–H and O–H groups in total. The Labute approximate surface area is 185 Å². The maximum atomic E-state index is 10.3. The molecule has 0 aromatic rings. The van der Waals surface area contributed by atoms with Crippen molar-refractivity contribution >= 4 is 107 Å². The van der Waals surface area contributed by atoms with Crippen LogP contribution in [0.3, 0.4) is 0 Å². The van der Waals surface area contributed by atoms with Crippen molar-refractivity contribution in [3.63, 3.8) is 0 Å². The molecule has 0 radical (unpaired) electrons. The molecule has 0 fully saturated rings. The quantitative estimate of drug-likeness (QED) is 0.387. The zero-order chi connectivity index (χ0) is 10.4. The SMILES string of the molecule is O.O.O.O.O.O=C(O)COC(CC(=O)O)C(=O)O.[NaH].[NaH].[NaH]. The van der Waals surface area contributed by atoms with E-state index in [1.807, 2.05) is 0 Å². The number of carboxylic acid groups (broad SMARTS) is 3. The van der Waals surface area contributed by atoms with Crippen LogP contribution >= 0.6 is 0 Å². The van der Waals surface area contributed by atoms with Gasteiger partial charge in [0, 0.05) is 0 Å². The second-order valence-corrected chi connectivity index (χ2v) is 2.13. The van der Waals surface area contributed by atoms with Crippen LogP contribution in [0, 0.1) is 0 Å². The third kappa shape index (κ3) is 38.7. The summed E-state index contributed by atoms with van der Waals surface area (Å²) in [6.07, 6.45) is -2.38. The molecule has 1 unspecified atom stereocenters. The number of carboxylic acids is 3. The van der Waals surface area contributed by atoms with E-state index in [2.05, 4.69) is 4.74 Å². The van der Waals surface area contributed by atoms with Crippen molar-refractivity contribution in [3.05, 3.63) is 0 Å². The van der Waals surface area contributed by atoms with Gasteiger partial charge < -0.3 is 47.4 Å². The first-order valence-corrected chi connectivity index (χ1v) is 3.21. The summed E-state index contributed by atoms with van der Waals surface area (Å²) in [5.74, 6) is -4.21. The van der Waals surface area contributed by atoms with Crippen molar-refractivity contribution < 1.29 is 61.8 Å². The predicted molar refractivity (Wildman–Crippen MR) is 76.8 cm³/mol. The number of hydrogen-bond acceptors (Lipinski definition) is 4. The Morgan fingerprint density at radius 2 is 1.10 bits per heavy atom. The molecule has 15 heteroatoms. The number of hydrogen-bond donors (Lipinski definition) is 3. The Morgan fingerprint density at radius 1 is 0.762 bits per heavy atom. The van der Waals surface area contributed by atoms with E-state index in [1.54, 1.807) is 0 Å². The van der Waals surface area contributed by atoms with Crippen LogP contribution in [-0.4, -0.2) is 162 Å². The number of rotatable bonds is 6. The second-order valence-electron chi connectivity index (χ2n) is 2.13. The van der Waals surface area contributed by atoms with Crippen molar-refractivity contribution in [1.29, 1.82) is 0 Å². The van der Waals surface area contributed by atoms with Gasteiger partial charge in [-0.15, -0.1) is 0 Å². The van der Waals surface area contributed by atoms with Crippen LogP contribution in [0.25, 0.3) is 0 Å². The van der Waals surface area contributed by atoms with E-state index in [9.17, 15) is 14.4 Å². The topological polar surface area (TPSA) is 279 Å². The molecule has 0 aliphatic carbocycles. The van der Waals surface area contributed by atoms with Gasteiger partial charge in [-0.1, -0.05) is 0 Å². The number of carbonyl (C=O) groups is 3. The second kappa shape index (κ2) is 32.9. The van der Waals surface area contributed by atoms with Gasteiger partial charge in [-0.05, 0) is 0 Å². The van der Waals surface area contributed by atoms with Crippen LogP contribution in [0.1, 0.15) is 6.42 Å². The van der Waals surface area contributed by atoms with Crippen molar-refractivity contribution in [2.24, 2.45) is 0 Å². The van der Waals surface area contributed by atoms with Gasteiger partial charge >= 0.3 is 107 Å². The fourth-order valence-corrected chi connectivity index (χ4v) is 0.548. The molecule has 12 nitrogen and oxygen atoms in total. The molecular weight excluding hydrogens is 333 g/mol. The van der Waals surface area contributed by atoms with Crippen molar-refractivity contribution in [1.82, 2.24) is 0 Å². The Kier molecular flexibility index (Phi) is 89.9. The molecule has 0 amide bonds. The van der Waals surface area contributed by atoms with Gasteiger partial charge in [0.05, 0.1) is 6.42 Å². The minimum absolute atomic E-state index is 0. The van der Waals surface area contributed by atoms with E-state index in [0.717, 1.165) is 0 Å². The van der Waals surface area contributed by atoms with Gasteiger partial charge in [-0.2, -0.15) is 0 Å². The van der Waals surface area contributed by atoms with Crippen LogP contribution in [0.4, 0.5) is 0 Å². The molecule has 1 atom stereocenters. The van der Waals surface area contributed by atoms with Gasteiger partial charge in [0.2, 0.25) is 0 Å². The minimum atomic E-state index is -1.62. The summed E-state index contributed by atoms with van der Waals surface area (Å²) in [6, 6.07) is 0. The van der Waals surface area contributed by atoms with Gasteiger partial charge in [-0.3, -0.25) is 4.79 Å². The van der Waals surface area contributed by atoms with Crippen LogP contribution in [0.2, 0.25) is 0 Å². The number of ether oxygens (including phenoxy) is 1. The fourth-order valence-electron chi connectivity index (χ4n) is 0.548. The third-order valence-electron chi connectivity index (χ3n) is 1.04. The van der Waals surface area contributed by atoms with Gasteiger partial charge in [0.25, 0.3) is 0 Å². The molecule has 0 bridgehead atoms. The van der Waals surface area contributed by atoms with Crippen LogP contribution in [0.5, 0.6) is 0 Å². The van der Waals surface area contributed by atoms with E-state index >= 15 is 0 Å². The van der Waals surface area contributed by atoms with E-state index in [-0.39, 0.29) is 116 Å². The summed E-state index contributed by atoms with van der Waals surface area (Å²) < 4.78 is 4.30. The summed E-state index contributed by atoms with van der Waals surface area (Å²) >= 11 is 0. The average Bonchev–Trinajstić information content (AvgIpc) is 1.96. The van der Waals surface area contributed by atoms with Gasteiger partial charge in [0.1, 0.15) is 6.61 Å². The Balaban J connectivity index is -0.0000000257. The summed E-state index contributed by atoms with van der Waals surface area (Å²) in [5, 5.41) is 24.7. The predicted octanol–water partition coefficient (Wildman–Crippen LogP) is -7.05. The van der Waals surface area contributed by atoms with Crippen molar-refractivity contribution in [3.8, 4) is 0 Å². The molecule has 21 heavy (non-hydrogen) atoms. The maximum absolute atomic E-state index is 10.3. The summed E-state index contributed by atoms with van der Waals surface area (Å²) in [7, 11) is 0. The molecule has 0 aromatic heterocycles. The standard InChI is InChI=1S/C6H8O7.3Na.5H2O.3H/c7-4(8)1-3(6(11)12)13-2-5(9)10;;;;;;;;;;;/h3H,1-2H2,(H,7,8)(H,9,10)(H,11,12);;;;5*1H2;;;. The molecule has 0 aromatic carbocycles. The van der Waals surface area contributed by atoms with E-state index < -0.39 is 37.0 Å². The first-order valence-electron chi connectivity index (χ1n) is 3.21. The zero-order valence-corrected chi connectivity index (χ0v) is 8.97. The van der Waals surface area contributed by atoms with Crippen molar-refractivity contribution in [2.45, 2.75) is 12.5 Å². The monoisotopic (exact) mass is 354 g/mol. The molecule has 0 aliphatic heterocycles. The Hall–Kier alpha value is 1.17. The molecule has 120 valence electrons. The van der Waals surface area contributed by atoms with Crippen LogP contribution < -0.4 is 0 Å².